The summed E-state index contributed by atoms with van der Waals surface area (Å²) in [7, 11) is 1.58. The van der Waals surface area contributed by atoms with Crippen molar-refractivity contribution in [2.75, 3.05) is 13.6 Å². The molecular formula is C18H16F2N2O2. The van der Waals surface area contributed by atoms with Crippen molar-refractivity contribution in [1.29, 1.82) is 0 Å². The van der Waals surface area contributed by atoms with Gasteiger partial charge in [0.2, 0.25) is 0 Å². The van der Waals surface area contributed by atoms with Gasteiger partial charge in [0.1, 0.15) is 11.6 Å². The Kier molecular flexibility index (Phi) is 4.55. The summed E-state index contributed by atoms with van der Waals surface area (Å²) in [6.07, 6.45) is 0.113. The van der Waals surface area contributed by atoms with Crippen molar-refractivity contribution in [3.05, 3.63) is 71.3 Å². The number of carbonyl (C=O) groups is 1. The van der Waals surface area contributed by atoms with Crippen LogP contribution in [0.15, 0.2) is 53.7 Å². The molecule has 0 radical (unpaired) electrons. The van der Waals surface area contributed by atoms with Gasteiger partial charge in [-0.15, -0.1) is 0 Å². The van der Waals surface area contributed by atoms with Crippen LogP contribution in [0.5, 0.6) is 0 Å². The molecule has 0 aromatic heterocycles. The molecule has 0 saturated heterocycles. The normalized spacial score (nSPS) is 16.5. The number of rotatable bonds is 4. The summed E-state index contributed by atoms with van der Waals surface area (Å²) < 4.78 is 27.0. The Morgan fingerprint density at radius 2 is 2.04 bits per heavy atom. The van der Waals surface area contributed by atoms with Gasteiger partial charge in [-0.25, -0.2) is 8.78 Å². The molecule has 0 saturated carbocycles. The summed E-state index contributed by atoms with van der Waals surface area (Å²) in [4.78, 5) is 19.0. The minimum atomic E-state index is -0.557. The lowest BCUT2D eigenvalue weighted by Crippen LogP contribution is -2.35. The van der Waals surface area contributed by atoms with E-state index in [1.807, 2.05) is 0 Å². The van der Waals surface area contributed by atoms with E-state index in [1.165, 1.54) is 35.2 Å². The molecule has 0 N–H and O–H groups in total. The Morgan fingerprint density at radius 1 is 1.25 bits per heavy atom. The van der Waals surface area contributed by atoms with Crippen molar-refractivity contribution in [2.24, 2.45) is 5.16 Å². The molecule has 1 heterocycles. The van der Waals surface area contributed by atoms with Crippen LogP contribution in [0.1, 0.15) is 22.3 Å². The second-order valence-corrected chi connectivity index (χ2v) is 5.65. The highest BCUT2D eigenvalue weighted by atomic mass is 19.1. The second-order valence-electron chi connectivity index (χ2n) is 5.65. The molecule has 1 atom stereocenters. The molecule has 0 unspecified atom stereocenters. The molecule has 1 aliphatic heterocycles. The van der Waals surface area contributed by atoms with Crippen molar-refractivity contribution in [1.82, 2.24) is 4.90 Å². The summed E-state index contributed by atoms with van der Waals surface area (Å²) in [5.74, 6) is -1.32. The second kappa shape index (κ2) is 6.78. The third kappa shape index (κ3) is 3.42. The zero-order valence-electron chi connectivity index (χ0n) is 13.1. The van der Waals surface area contributed by atoms with Crippen molar-refractivity contribution in [3.63, 3.8) is 0 Å². The number of oxime groups is 1. The average Bonchev–Trinajstić information content (AvgIpc) is 3.03. The summed E-state index contributed by atoms with van der Waals surface area (Å²) in [6.45, 7) is 0.259. The average molecular weight is 330 g/mol. The highest BCUT2D eigenvalue weighted by Crippen LogP contribution is 2.19. The summed E-state index contributed by atoms with van der Waals surface area (Å²) in [5.41, 5.74) is 1.30. The van der Waals surface area contributed by atoms with Crippen LogP contribution in [-0.4, -0.2) is 36.2 Å². The number of hydrogen-bond donors (Lipinski definition) is 0. The van der Waals surface area contributed by atoms with E-state index in [4.69, 9.17) is 4.84 Å². The third-order valence-electron chi connectivity index (χ3n) is 3.82. The molecule has 6 heteroatoms. The highest BCUT2D eigenvalue weighted by molar-refractivity contribution is 6.01. The van der Waals surface area contributed by atoms with Crippen molar-refractivity contribution >= 4 is 11.6 Å². The van der Waals surface area contributed by atoms with Crippen LogP contribution in [0, 0.1) is 11.6 Å². The fourth-order valence-corrected chi connectivity index (χ4v) is 2.59. The van der Waals surface area contributed by atoms with E-state index in [-0.39, 0.29) is 24.0 Å². The van der Waals surface area contributed by atoms with E-state index < -0.39 is 11.7 Å². The maximum absolute atomic E-state index is 13.7. The molecule has 2 aromatic carbocycles. The fourth-order valence-electron chi connectivity index (χ4n) is 2.59. The van der Waals surface area contributed by atoms with Gasteiger partial charge in [-0.05, 0) is 24.3 Å². The van der Waals surface area contributed by atoms with Crippen LogP contribution in [0.4, 0.5) is 8.78 Å². The van der Waals surface area contributed by atoms with Gasteiger partial charge in [-0.2, -0.15) is 0 Å². The minimum absolute atomic E-state index is 0.0178. The molecule has 24 heavy (non-hydrogen) atoms. The molecule has 0 spiro atoms. The Hall–Kier alpha value is -2.76. The molecule has 4 nitrogen and oxygen atoms in total. The lowest BCUT2D eigenvalue weighted by molar-refractivity contribution is 0.0479. The number of nitrogens with zero attached hydrogens (tertiary/aromatic N) is 2. The minimum Gasteiger partial charge on any atom is -0.390 e. The van der Waals surface area contributed by atoms with Crippen LogP contribution in [0.25, 0.3) is 0 Å². The SMILES string of the molecule is CN(C[C@@H]1CC(c2cccc(F)c2)=NO1)C(=O)c1ccccc1F. The first-order valence-corrected chi connectivity index (χ1v) is 7.53. The summed E-state index contributed by atoms with van der Waals surface area (Å²) in [6, 6.07) is 11.9. The van der Waals surface area contributed by atoms with E-state index in [0.29, 0.717) is 17.7 Å². The monoisotopic (exact) mass is 330 g/mol. The zero-order valence-corrected chi connectivity index (χ0v) is 13.1. The molecule has 0 fully saturated rings. The van der Waals surface area contributed by atoms with Crippen molar-refractivity contribution in [2.45, 2.75) is 12.5 Å². The maximum atomic E-state index is 13.7. The number of amides is 1. The van der Waals surface area contributed by atoms with Gasteiger partial charge < -0.3 is 9.74 Å². The van der Waals surface area contributed by atoms with Gasteiger partial charge in [0.15, 0.2) is 6.10 Å². The van der Waals surface area contributed by atoms with Crippen LogP contribution in [-0.2, 0) is 4.84 Å². The Balaban J connectivity index is 1.62. The lowest BCUT2D eigenvalue weighted by atomic mass is 10.0. The molecule has 0 bridgehead atoms. The van der Waals surface area contributed by atoms with Crippen LogP contribution in [0.3, 0.4) is 0 Å². The van der Waals surface area contributed by atoms with Gasteiger partial charge in [0, 0.05) is 19.0 Å². The molecule has 3 rings (SSSR count). The molecule has 2 aromatic rings. The Labute approximate surface area is 138 Å². The van der Waals surface area contributed by atoms with E-state index in [2.05, 4.69) is 5.16 Å². The van der Waals surface area contributed by atoms with Crippen molar-refractivity contribution in [3.8, 4) is 0 Å². The zero-order chi connectivity index (χ0) is 17.1. The van der Waals surface area contributed by atoms with Crippen LogP contribution < -0.4 is 0 Å². The third-order valence-corrected chi connectivity index (χ3v) is 3.82. The first-order chi connectivity index (χ1) is 11.5. The molecule has 124 valence electrons. The number of likely N-dealkylation sites (N-methyl/N-ethyl adjacent to an activating group) is 1. The van der Waals surface area contributed by atoms with E-state index in [9.17, 15) is 13.6 Å². The molecule has 0 aliphatic carbocycles. The maximum Gasteiger partial charge on any atom is 0.256 e. The van der Waals surface area contributed by atoms with Gasteiger partial charge >= 0.3 is 0 Å². The van der Waals surface area contributed by atoms with Gasteiger partial charge in [-0.1, -0.05) is 29.4 Å². The van der Waals surface area contributed by atoms with Gasteiger partial charge in [-0.3, -0.25) is 4.79 Å². The largest absolute Gasteiger partial charge is 0.390 e. The van der Waals surface area contributed by atoms with E-state index >= 15 is 0 Å². The molecule has 1 amide bonds. The van der Waals surface area contributed by atoms with Crippen LogP contribution in [0.2, 0.25) is 0 Å². The lowest BCUT2D eigenvalue weighted by Gasteiger charge is -2.20. The predicted octanol–water partition coefficient (Wildman–Crippen LogP) is 3.23. The van der Waals surface area contributed by atoms with Gasteiger partial charge in [0.05, 0.1) is 17.8 Å². The quantitative estimate of drug-likeness (QED) is 0.864. The Bertz CT molecular complexity index is 792. The molecule has 1 aliphatic rings. The van der Waals surface area contributed by atoms with E-state index in [0.717, 1.165) is 0 Å². The number of carbonyl (C=O) groups excluding carboxylic acids is 1. The first-order valence-electron chi connectivity index (χ1n) is 7.53. The highest BCUT2D eigenvalue weighted by Gasteiger charge is 2.26. The standard InChI is InChI=1S/C18H16F2N2O2/c1-22(18(23)15-7-2-3-8-16(15)20)11-14-10-17(21-24-14)12-5-4-6-13(19)9-12/h2-9,14H,10-11H2,1H3/t14-/m0/s1. The number of halogens is 2. The molecular weight excluding hydrogens is 314 g/mol. The smallest absolute Gasteiger partial charge is 0.256 e. The topological polar surface area (TPSA) is 41.9 Å². The predicted molar refractivity (Wildman–Crippen MR) is 85.8 cm³/mol. The first kappa shape index (κ1) is 16.1. The Morgan fingerprint density at radius 3 is 2.79 bits per heavy atom. The van der Waals surface area contributed by atoms with Gasteiger partial charge in [0.25, 0.3) is 5.91 Å². The number of benzene rings is 2. The van der Waals surface area contributed by atoms with Crippen LogP contribution >= 0.6 is 0 Å². The van der Waals surface area contributed by atoms with E-state index in [1.54, 1.807) is 25.2 Å². The van der Waals surface area contributed by atoms with Crippen molar-refractivity contribution < 1.29 is 18.4 Å². The summed E-state index contributed by atoms with van der Waals surface area (Å²) in [5, 5.41) is 3.97. The fraction of sp³-hybridized carbons (Fsp3) is 0.222. The number of hydrogen-bond acceptors (Lipinski definition) is 3. The summed E-state index contributed by atoms with van der Waals surface area (Å²) >= 11 is 0.